The Balaban J connectivity index is 1.43. The van der Waals surface area contributed by atoms with Crippen LogP contribution < -0.4 is 14.2 Å². The van der Waals surface area contributed by atoms with Crippen LogP contribution in [0.15, 0.2) is 59.6 Å². The highest BCUT2D eigenvalue weighted by Gasteiger charge is 2.21. The van der Waals surface area contributed by atoms with Crippen LogP contribution in [0.3, 0.4) is 0 Å². The van der Waals surface area contributed by atoms with E-state index in [1.807, 2.05) is 12.1 Å². The smallest absolute Gasteiger partial charge is 0.263 e. The van der Waals surface area contributed by atoms with Crippen molar-refractivity contribution in [2.24, 2.45) is 5.92 Å². The van der Waals surface area contributed by atoms with E-state index in [1.165, 1.54) is 12.3 Å². The van der Waals surface area contributed by atoms with Crippen molar-refractivity contribution < 1.29 is 17.9 Å². The molecule has 7 nitrogen and oxygen atoms in total. The van der Waals surface area contributed by atoms with Crippen LogP contribution in [0.1, 0.15) is 24.0 Å². The molecule has 1 saturated heterocycles. The number of hydrogen-bond donors (Lipinski definition) is 1. The van der Waals surface area contributed by atoms with Crippen molar-refractivity contribution in [3.05, 3.63) is 75.9 Å². The molecule has 0 radical (unpaired) electrons. The summed E-state index contributed by atoms with van der Waals surface area (Å²) in [6.45, 7) is 4.60. The van der Waals surface area contributed by atoms with E-state index in [0.29, 0.717) is 39.6 Å². The van der Waals surface area contributed by atoms with Crippen LogP contribution in [-0.4, -0.2) is 45.0 Å². The molecule has 0 bridgehead atoms. The summed E-state index contributed by atoms with van der Waals surface area (Å²) in [7, 11) is -1.79. The van der Waals surface area contributed by atoms with Gasteiger partial charge < -0.3 is 14.4 Å². The van der Waals surface area contributed by atoms with Crippen LogP contribution >= 0.6 is 23.2 Å². The monoisotopic (exact) mass is 549 g/mol. The molecule has 0 amide bonds. The summed E-state index contributed by atoms with van der Waals surface area (Å²) in [6, 6.07) is 13.5. The van der Waals surface area contributed by atoms with E-state index in [9.17, 15) is 8.42 Å². The molecule has 2 heterocycles. The number of nitrogens with zero attached hydrogens (tertiary/aromatic N) is 2. The lowest BCUT2D eigenvalue weighted by atomic mass is 9.98. The number of halogens is 2. The van der Waals surface area contributed by atoms with Crippen molar-refractivity contribution in [1.29, 1.82) is 0 Å². The maximum Gasteiger partial charge on any atom is 0.263 e. The third-order valence-corrected chi connectivity index (χ3v) is 8.42. The molecular weight excluding hydrogens is 521 g/mol. The number of aromatic nitrogens is 1. The fourth-order valence-corrected chi connectivity index (χ4v) is 5.68. The Kier molecular flexibility index (Phi) is 8.62. The number of pyridine rings is 1. The molecule has 36 heavy (non-hydrogen) atoms. The van der Waals surface area contributed by atoms with Gasteiger partial charge in [-0.25, -0.2) is 13.4 Å². The van der Waals surface area contributed by atoms with Gasteiger partial charge >= 0.3 is 0 Å². The molecule has 1 N–H and O–H groups in total. The first-order chi connectivity index (χ1) is 17.2. The van der Waals surface area contributed by atoms with Gasteiger partial charge in [0.25, 0.3) is 10.0 Å². The van der Waals surface area contributed by atoms with Crippen LogP contribution in [0.4, 0.5) is 5.82 Å². The quantitative estimate of drug-likeness (QED) is 0.363. The third-order valence-electron chi connectivity index (χ3n) is 6.21. The van der Waals surface area contributed by atoms with E-state index >= 15 is 0 Å². The molecule has 1 aliphatic heterocycles. The second kappa shape index (κ2) is 11.7. The molecular formula is C26H29Cl2N3O4S. The summed E-state index contributed by atoms with van der Waals surface area (Å²) in [4.78, 5) is 6.58. The fraction of sp³-hybridized carbons (Fsp3) is 0.346. The molecule has 0 spiro atoms. The molecule has 0 saturated carbocycles. The molecule has 1 aliphatic rings. The zero-order valence-electron chi connectivity index (χ0n) is 20.2. The van der Waals surface area contributed by atoms with Gasteiger partial charge in [0.2, 0.25) is 0 Å². The van der Waals surface area contributed by atoms with Crippen LogP contribution in [0, 0.1) is 12.8 Å². The van der Waals surface area contributed by atoms with Crippen molar-refractivity contribution in [3.8, 4) is 11.5 Å². The van der Waals surface area contributed by atoms with Gasteiger partial charge in [0.15, 0.2) is 11.6 Å². The Morgan fingerprint density at radius 1 is 1.03 bits per heavy atom. The van der Waals surface area contributed by atoms with E-state index in [2.05, 4.69) is 21.7 Å². The molecule has 0 aliphatic carbocycles. The first kappa shape index (κ1) is 26.5. The van der Waals surface area contributed by atoms with Gasteiger partial charge in [0, 0.05) is 11.2 Å². The van der Waals surface area contributed by atoms with Crippen molar-refractivity contribution in [2.45, 2.75) is 31.3 Å². The highest BCUT2D eigenvalue weighted by atomic mass is 35.5. The molecule has 1 fully saturated rings. The SMILES string of the molecule is Cc1c(Cl)cccc1S(=O)(=O)Nc1ncccc1OCc1ccc(Cl)c(OCC2CCN(C)CC2)c1. The molecule has 0 atom stereocenters. The molecule has 1 aromatic heterocycles. The van der Waals surface area contributed by atoms with Crippen molar-refractivity contribution >= 4 is 39.0 Å². The van der Waals surface area contributed by atoms with Crippen LogP contribution in [0.5, 0.6) is 11.5 Å². The minimum absolute atomic E-state index is 0.0794. The van der Waals surface area contributed by atoms with Gasteiger partial charge in [0.1, 0.15) is 12.4 Å². The lowest BCUT2D eigenvalue weighted by molar-refractivity contribution is 0.160. The highest BCUT2D eigenvalue weighted by molar-refractivity contribution is 7.92. The zero-order valence-corrected chi connectivity index (χ0v) is 22.5. The second-order valence-electron chi connectivity index (χ2n) is 8.93. The second-order valence-corrected chi connectivity index (χ2v) is 11.4. The Morgan fingerprint density at radius 3 is 2.58 bits per heavy atom. The maximum absolute atomic E-state index is 13.0. The standard InChI is InChI=1S/C26H29Cl2N3O4S/c1-18-21(27)5-3-7-25(18)36(32,33)30-26-23(6-4-12-29-26)34-17-20-8-9-22(28)24(15-20)35-16-19-10-13-31(2)14-11-19/h3-9,12,15,19H,10-11,13-14,16-17H2,1-2H3,(H,29,30). The van der Waals surface area contributed by atoms with E-state index in [1.54, 1.807) is 37.3 Å². The topological polar surface area (TPSA) is 80.8 Å². The number of hydrogen-bond acceptors (Lipinski definition) is 6. The molecule has 4 rings (SSSR count). The minimum Gasteiger partial charge on any atom is -0.492 e. The molecule has 2 aromatic carbocycles. The number of piperidine rings is 1. The first-order valence-corrected chi connectivity index (χ1v) is 13.9. The molecule has 10 heteroatoms. The number of benzene rings is 2. The molecule has 192 valence electrons. The summed E-state index contributed by atoms with van der Waals surface area (Å²) < 4.78 is 40.5. The van der Waals surface area contributed by atoms with Crippen LogP contribution in [-0.2, 0) is 16.6 Å². The number of rotatable bonds is 9. The summed E-state index contributed by atoms with van der Waals surface area (Å²) in [5.41, 5.74) is 1.29. The third kappa shape index (κ3) is 6.62. The number of likely N-dealkylation sites (tertiary alicyclic amines) is 1. The normalized spacial score (nSPS) is 15.0. The van der Waals surface area contributed by atoms with E-state index < -0.39 is 10.0 Å². The van der Waals surface area contributed by atoms with E-state index in [-0.39, 0.29) is 17.3 Å². The highest BCUT2D eigenvalue weighted by Crippen LogP contribution is 2.30. The first-order valence-electron chi connectivity index (χ1n) is 11.7. The number of anilines is 1. The van der Waals surface area contributed by atoms with Gasteiger partial charge in [-0.3, -0.25) is 4.72 Å². The van der Waals surface area contributed by atoms with Gasteiger partial charge in [-0.15, -0.1) is 0 Å². The van der Waals surface area contributed by atoms with Gasteiger partial charge in [-0.05, 0) is 93.3 Å². The Morgan fingerprint density at radius 2 is 1.81 bits per heavy atom. The Hall–Kier alpha value is -2.52. The van der Waals surface area contributed by atoms with Crippen LogP contribution in [0.25, 0.3) is 0 Å². The summed E-state index contributed by atoms with van der Waals surface area (Å²) >= 11 is 12.5. The summed E-state index contributed by atoms with van der Waals surface area (Å²) in [5, 5.41) is 0.908. The summed E-state index contributed by atoms with van der Waals surface area (Å²) in [5.74, 6) is 1.50. The van der Waals surface area contributed by atoms with Crippen molar-refractivity contribution in [2.75, 3.05) is 31.5 Å². The van der Waals surface area contributed by atoms with Crippen LogP contribution in [0.2, 0.25) is 10.0 Å². The van der Waals surface area contributed by atoms with Gasteiger partial charge in [0.05, 0.1) is 16.5 Å². The predicted octanol–water partition coefficient (Wildman–Crippen LogP) is 5.80. The maximum atomic E-state index is 13.0. The van der Waals surface area contributed by atoms with Gasteiger partial charge in [-0.1, -0.05) is 35.3 Å². The zero-order chi connectivity index (χ0) is 25.7. The lowest BCUT2D eigenvalue weighted by Gasteiger charge is -2.28. The molecule has 3 aromatic rings. The number of ether oxygens (including phenoxy) is 2. The van der Waals surface area contributed by atoms with Crippen molar-refractivity contribution in [1.82, 2.24) is 9.88 Å². The van der Waals surface area contributed by atoms with Gasteiger partial charge in [-0.2, -0.15) is 0 Å². The molecule has 0 unspecified atom stereocenters. The van der Waals surface area contributed by atoms with Crippen molar-refractivity contribution in [3.63, 3.8) is 0 Å². The Bertz CT molecular complexity index is 1310. The average molecular weight is 551 g/mol. The largest absolute Gasteiger partial charge is 0.492 e. The lowest BCUT2D eigenvalue weighted by Crippen LogP contribution is -2.32. The number of sulfonamides is 1. The average Bonchev–Trinajstić information content (AvgIpc) is 2.86. The Labute approximate surface area is 222 Å². The minimum atomic E-state index is -3.92. The van der Waals surface area contributed by atoms with E-state index in [0.717, 1.165) is 31.5 Å². The van der Waals surface area contributed by atoms with E-state index in [4.69, 9.17) is 32.7 Å². The fourth-order valence-electron chi connectivity index (χ4n) is 3.99. The summed E-state index contributed by atoms with van der Waals surface area (Å²) in [6.07, 6.45) is 3.70. The predicted molar refractivity (Wildman–Crippen MR) is 143 cm³/mol. The number of nitrogens with one attached hydrogen (secondary N) is 1.